The SMILES string of the molecule is COCc1cccc(C(=O)NCCSCCCO)c1. The molecule has 1 amide bonds. The van der Waals surface area contributed by atoms with E-state index in [-0.39, 0.29) is 12.5 Å². The number of methoxy groups -OCH3 is 1. The Labute approximate surface area is 118 Å². The number of carbonyl (C=O) groups excluding carboxylic acids is 1. The van der Waals surface area contributed by atoms with Gasteiger partial charge in [0.05, 0.1) is 6.61 Å². The number of carbonyl (C=O) groups is 1. The minimum Gasteiger partial charge on any atom is -0.396 e. The van der Waals surface area contributed by atoms with Gasteiger partial charge in [0.15, 0.2) is 0 Å². The Kier molecular flexibility index (Phi) is 8.29. The summed E-state index contributed by atoms with van der Waals surface area (Å²) < 4.78 is 5.04. The molecule has 0 spiro atoms. The molecule has 1 aromatic carbocycles. The van der Waals surface area contributed by atoms with Gasteiger partial charge in [0.1, 0.15) is 0 Å². The Morgan fingerprint density at radius 2 is 2.26 bits per heavy atom. The monoisotopic (exact) mass is 283 g/mol. The number of nitrogens with one attached hydrogen (secondary N) is 1. The van der Waals surface area contributed by atoms with Crippen molar-refractivity contribution in [3.05, 3.63) is 35.4 Å². The third kappa shape index (κ3) is 6.61. The van der Waals surface area contributed by atoms with Crippen LogP contribution in [-0.2, 0) is 11.3 Å². The van der Waals surface area contributed by atoms with E-state index < -0.39 is 0 Å². The van der Waals surface area contributed by atoms with Crippen molar-refractivity contribution < 1.29 is 14.6 Å². The maximum atomic E-state index is 11.9. The predicted molar refractivity (Wildman–Crippen MR) is 78.5 cm³/mol. The van der Waals surface area contributed by atoms with Gasteiger partial charge in [0.2, 0.25) is 0 Å². The first-order valence-corrected chi connectivity index (χ1v) is 7.48. The van der Waals surface area contributed by atoms with Crippen LogP contribution in [0.4, 0.5) is 0 Å². The summed E-state index contributed by atoms with van der Waals surface area (Å²) in [5.41, 5.74) is 1.65. The molecule has 19 heavy (non-hydrogen) atoms. The second kappa shape index (κ2) is 9.83. The number of thioether (sulfide) groups is 1. The van der Waals surface area contributed by atoms with Gasteiger partial charge < -0.3 is 15.2 Å². The molecule has 1 aromatic rings. The lowest BCUT2D eigenvalue weighted by molar-refractivity contribution is 0.0956. The van der Waals surface area contributed by atoms with Crippen LogP contribution in [0.5, 0.6) is 0 Å². The summed E-state index contributed by atoms with van der Waals surface area (Å²) in [4.78, 5) is 11.9. The maximum Gasteiger partial charge on any atom is 0.251 e. The van der Waals surface area contributed by atoms with Gasteiger partial charge in [-0.05, 0) is 29.9 Å². The van der Waals surface area contributed by atoms with Gasteiger partial charge in [-0.2, -0.15) is 11.8 Å². The van der Waals surface area contributed by atoms with Gasteiger partial charge in [-0.1, -0.05) is 12.1 Å². The number of rotatable bonds is 9. The Morgan fingerprint density at radius 1 is 1.42 bits per heavy atom. The minimum atomic E-state index is -0.0549. The van der Waals surface area contributed by atoms with Crippen molar-refractivity contribution in [3.8, 4) is 0 Å². The van der Waals surface area contributed by atoms with Crippen molar-refractivity contribution in [1.82, 2.24) is 5.32 Å². The molecule has 0 aliphatic rings. The lowest BCUT2D eigenvalue weighted by Crippen LogP contribution is -2.25. The Bertz CT molecular complexity index is 385. The molecular weight excluding hydrogens is 262 g/mol. The Balaban J connectivity index is 2.30. The Morgan fingerprint density at radius 3 is 3.00 bits per heavy atom. The van der Waals surface area contributed by atoms with E-state index in [9.17, 15) is 4.79 Å². The van der Waals surface area contributed by atoms with E-state index in [1.54, 1.807) is 24.9 Å². The van der Waals surface area contributed by atoms with E-state index >= 15 is 0 Å². The van der Waals surface area contributed by atoms with Crippen LogP contribution in [0, 0.1) is 0 Å². The molecule has 5 heteroatoms. The highest BCUT2D eigenvalue weighted by Crippen LogP contribution is 2.06. The van der Waals surface area contributed by atoms with Crippen molar-refractivity contribution in [1.29, 1.82) is 0 Å². The highest BCUT2D eigenvalue weighted by Gasteiger charge is 2.05. The van der Waals surface area contributed by atoms with Gasteiger partial charge in [0.25, 0.3) is 5.91 Å². The van der Waals surface area contributed by atoms with Gasteiger partial charge in [0, 0.05) is 31.6 Å². The average Bonchev–Trinajstić information content (AvgIpc) is 2.43. The number of ether oxygens (including phenoxy) is 1. The van der Waals surface area contributed by atoms with E-state index in [0.717, 1.165) is 23.5 Å². The molecule has 0 aliphatic carbocycles. The van der Waals surface area contributed by atoms with Gasteiger partial charge >= 0.3 is 0 Å². The summed E-state index contributed by atoms with van der Waals surface area (Å²) in [7, 11) is 1.64. The number of benzene rings is 1. The highest BCUT2D eigenvalue weighted by molar-refractivity contribution is 7.99. The zero-order valence-electron chi connectivity index (χ0n) is 11.2. The molecule has 0 atom stereocenters. The van der Waals surface area contributed by atoms with E-state index in [4.69, 9.17) is 9.84 Å². The molecule has 2 N–H and O–H groups in total. The number of aliphatic hydroxyl groups is 1. The summed E-state index contributed by atoms with van der Waals surface area (Å²) in [6.07, 6.45) is 0.803. The quantitative estimate of drug-likeness (QED) is 0.677. The summed E-state index contributed by atoms with van der Waals surface area (Å²) in [6, 6.07) is 7.44. The fourth-order valence-electron chi connectivity index (χ4n) is 1.58. The molecule has 0 fully saturated rings. The largest absolute Gasteiger partial charge is 0.396 e. The van der Waals surface area contributed by atoms with Crippen molar-refractivity contribution in [2.75, 3.05) is 31.8 Å². The molecule has 0 saturated carbocycles. The standard InChI is InChI=1S/C14H21NO3S/c1-18-11-12-4-2-5-13(10-12)14(17)15-6-9-19-8-3-7-16/h2,4-5,10,16H,3,6-9,11H2,1H3,(H,15,17). The molecule has 0 bridgehead atoms. The lowest BCUT2D eigenvalue weighted by atomic mass is 10.1. The average molecular weight is 283 g/mol. The number of amides is 1. The molecular formula is C14H21NO3S. The van der Waals surface area contributed by atoms with E-state index in [1.165, 1.54) is 0 Å². The van der Waals surface area contributed by atoms with Crippen LogP contribution in [-0.4, -0.2) is 42.8 Å². The number of hydrogen-bond acceptors (Lipinski definition) is 4. The van der Waals surface area contributed by atoms with Crippen LogP contribution in [0.1, 0.15) is 22.3 Å². The summed E-state index contributed by atoms with van der Waals surface area (Å²) >= 11 is 1.73. The first-order valence-electron chi connectivity index (χ1n) is 6.32. The predicted octanol–water partition coefficient (Wildman–Crippen LogP) is 1.68. The van der Waals surface area contributed by atoms with Crippen molar-refractivity contribution >= 4 is 17.7 Å². The summed E-state index contributed by atoms with van der Waals surface area (Å²) in [5, 5.41) is 11.5. The minimum absolute atomic E-state index is 0.0549. The zero-order valence-corrected chi connectivity index (χ0v) is 12.0. The number of hydrogen-bond donors (Lipinski definition) is 2. The molecule has 0 saturated heterocycles. The third-order valence-electron chi connectivity index (χ3n) is 2.48. The van der Waals surface area contributed by atoms with Crippen LogP contribution in [0.25, 0.3) is 0 Å². The second-order valence-electron chi connectivity index (χ2n) is 4.08. The smallest absolute Gasteiger partial charge is 0.251 e. The van der Waals surface area contributed by atoms with Crippen molar-refractivity contribution in [2.45, 2.75) is 13.0 Å². The van der Waals surface area contributed by atoms with Gasteiger partial charge in [-0.3, -0.25) is 4.79 Å². The molecule has 4 nitrogen and oxygen atoms in total. The molecule has 0 unspecified atom stereocenters. The highest BCUT2D eigenvalue weighted by atomic mass is 32.2. The first kappa shape index (κ1) is 16.0. The van der Waals surface area contributed by atoms with Crippen LogP contribution >= 0.6 is 11.8 Å². The van der Waals surface area contributed by atoms with Gasteiger partial charge in [-0.25, -0.2) is 0 Å². The molecule has 0 aromatic heterocycles. The summed E-state index contributed by atoms with van der Waals surface area (Å²) in [6.45, 7) is 1.38. The second-order valence-corrected chi connectivity index (χ2v) is 5.30. The van der Waals surface area contributed by atoms with E-state index in [0.29, 0.717) is 18.7 Å². The van der Waals surface area contributed by atoms with Crippen LogP contribution in [0.15, 0.2) is 24.3 Å². The molecule has 0 aliphatic heterocycles. The zero-order chi connectivity index (χ0) is 13.9. The molecule has 1 rings (SSSR count). The normalized spacial score (nSPS) is 10.4. The number of aliphatic hydroxyl groups excluding tert-OH is 1. The Hall–Kier alpha value is -1.04. The fourth-order valence-corrected chi connectivity index (χ4v) is 2.36. The first-order chi connectivity index (χ1) is 9.27. The fraction of sp³-hybridized carbons (Fsp3) is 0.500. The molecule has 0 radical (unpaired) electrons. The topological polar surface area (TPSA) is 58.6 Å². The van der Waals surface area contributed by atoms with E-state index in [1.807, 2.05) is 18.2 Å². The molecule has 0 heterocycles. The summed E-state index contributed by atoms with van der Waals surface area (Å²) in [5.74, 6) is 1.74. The van der Waals surface area contributed by atoms with Crippen LogP contribution in [0.2, 0.25) is 0 Å². The van der Waals surface area contributed by atoms with Gasteiger partial charge in [-0.15, -0.1) is 0 Å². The lowest BCUT2D eigenvalue weighted by Gasteiger charge is -2.06. The molecule has 106 valence electrons. The van der Waals surface area contributed by atoms with Crippen molar-refractivity contribution in [3.63, 3.8) is 0 Å². The maximum absolute atomic E-state index is 11.9. The van der Waals surface area contributed by atoms with E-state index in [2.05, 4.69) is 5.32 Å². The van der Waals surface area contributed by atoms with Crippen molar-refractivity contribution in [2.24, 2.45) is 0 Å². The third-order valence-corrected chi connectivity index (χ3v) is 3.55. The van der Waals surface area contributed by atoms with Crippen LogP contribution < -0.4 is 5.32 Å². The van der Waals surface area contributed by atoms with Crippen LogP contribution in [0.3, 0.4) is 0 Å².